The van der Waals surface area contributed by atoms with E-state index >= 15 is 0 Å². The highest BCUT2D eigenvalue weighted by atomic mass is 32.1. The molecule has 8 heteroatoms. The second-order valence-corrected chi connectivity index (χ2v) is 7.07. The number of hydrogen-bond donors (Lipinski definition) is 3. The van der Waals surface area contributed by atoms with Gasteiger partial charge in [0.2, 0.25) is 16.9 Å². The Kier molecular flexibility index (Phi) is 4.86. The van der Waals surface area contributed by atoms with Crippen molar-refractivity contribution in [1.29, 1.82) is 0 Å². The summed E-state index contributed by atoms with van der Waals surface area (Å²) >= 11 is 1.29. The quantitative estimate of drug-likeness (QED) is 0.406. The van der Waals surface area contributed by atoms with E-state index in [4.69, 9.17) is 0 Å². The summed E-state index contributed by atoms with van der Waals surface area (Å²) in [6, 6.07) is 15.0. The molecule has 3 N–H and O–H groups in total. The molecule has 0 radical (unpaired) electrons. The number of azo groups is 1. The van der Waals surface area contributed by atoms with Crippen LogP contribution in [0.5, 0.6) is 5.88 Å². The summed E-state index contributed by atoms with van der Waals surface area (Å²) in [5, 5.41) is 24.1. The molecule has 0 saturated heterocycles. The predicted octanol–water partition coefficient (Wildman–Crippen LogP) is 5.24. The number of aromatic nitrogens is 2. The molecule has 4 rings (SSSR count). The first-order valence-electron chi connectivity index (χ1n) is 8.61. The molecule has 0 bridgehead atoms. The third-order valence-corrected chi connectivity index (χ3v) is 4.97. The molecular weight excluding hydrogens is 374 g/mol. The van der Waals surface area contributed by atoms with Gasteiger partial charge in [0, 0.05) is 16.5 Å². The molecule has 140 valence electrons. The van der Waals surface area contributed by atoms with Crippen molar-refractivity contribution in [3.05, 3.63) is 65.2 Å². The maximum Gasteiger partial charge on any atom is 0.230 e. The van der Waals surface area contributed by atoms with Gasteiger partial charge in [0.1, 0.15) is 0 Å². The Morgan fingerprint density at radius 3 is 2.82 bits per heavy atom. The Hall–Kier alpha value is -3.52. The monoisotopic (exact) mass is 391 g/mol. The largest absolute Gasteiger partial charge is 0.493 e. The molecule has 2 aromatic heterocycles. The average Bonchev–Trinajstić information content (AvgIpc) is 3.25. The lowest BCUT2D eigenvalue weighted by Gasteiger charge is -2.06. The fourth-order valence-corrected chi connectivity index (χ4v) is 3.44. The van der Waals surface area contributed by atoms with Gasteiger partial charge in [0.25, 0.3) is 0 Å². The number of amides is 1. The number of benzene rings is 2. The fourth-order valence-electron chi connectivity index (χ4n) is 2.80. The maximum absolute atomic E-state index is 12.2. The van der Waals surface area contributed by atoms with Crippen molar-refractivity contribution in [1.82, 2.24) is 9.97 Å². The number of fused-ring (bicyclic) bond motifs is 1. The van der Waals surface area contributed by atoms with Crippen LogP contribution < -0.4 is 5.32 Å². The van der Waals surface area contributed by atoms with Crippen molar-refractivity contribution in [2.24, 2.45) is 10.2 Å². The van der Waals surface area contributed by atoms with Gasteiger partial charge >= 0.3 is 0 Å². The Morgan fingerprint density at radius 1 is 1.18 bits per heavy atom. The number of aryl methyl sites for hydroxylation is 1. The van der Waals surface area contributed by atoms with Crippen molar-refractivity contribution < 1.29 is 9.90 Å². The highest BCUT2D eigenvalue weighted by Gasteiger charge is 2.11. The minimum Gasteiger partial charge on any atom is -0.493 e. The van der Waals surface area contributed by atoms with E-state index in [2.05, 4.69) is 25.5 Å². The van der Waals surface area contributed by atoms with E-state index in [1.807, 2.05) is 55.5 Å². The molecule has 0 aliphatic rings. The zero-order chi connectivity index (χ0) is 19.5. The van der Waals surface area contributed by atoms with E-state index in [0.29, 0.717) is 16.5 Å². The Balaban J connectivity index is 1.45. The number of H-pyrrole nitrogens is 1. The van der Waals surface area contributed by atoms with E-state index < -0.39 is 0 Å². The van der Waals surface area contributed by atoms with Gasteiger partial charge in [0.05, 0.1) is 17.6 Å². The molecule has 28 heavy (non-hydrogen) atoms. The summed E-state index contributed by atoms with van der Waals surface area (Å²) in [5.41, 5.74) is 3.55. The van der Waals surface area contributed by atoms with Gasteiger partial charge < -0.3 is 15.4 Å². The van der Waals surface area contributed by atoms with Crippen LogP contribution in [0.1, 0.15) is 11.3 Å². The number of para-hydroxylation sites is 2. The number of anilines is 1. The Bertz CT molecular complexity index is 1180. The lowest BCUT2D eigenvalue weighted by atomic mass is 10.2. The van der Waals surface area contributed by atoms with Crippen LogP contribution in [0.25, 0.3) is 10.9 Å². The van der Waals surface area contributed by atoms with E-state index in [0.717, 1.165) is 22.2 Å². The molecule has 0 fully saturated rings. The lowest BCUT2D eigenvalue weighted by Crippen LogP contribution is -2.15. The van der Waals surface area contributed by atoms with Crippen LogP contribution in [-0.4, -0.2) is 21.0 Å². The van der Waals surface area contributed by atoms with Crippen LogP contribution in [-0.2, 0) is 11.2 Å². The lowest BCUT2D eigenvalue weighted by molar-refractivity contribution is -0.115. The van der Waals surface area contributed by atoms with Crippen LogP contribution in [0.2, 0.25) is 0 Å². The second kappa shape index (κ2) is 7.61. The first-order chi connectivity index (χ1) is 13.6. The van der Waals surface area contributed by atoms with Gasteiger partial charge in [-0.2, -0.15) is 0 Å². The van der Waals surface area contributed by atoms with Gasteiger partial charge in [-0.3, -0.25) is 4.79 Å². The van der Waals surface area contributed by atoms with Crippen LogP contribution in [0.3, 0.4) is 0 Å². The number of aromatic amines is 1. The summed E-state index contributed by atoms with van der Waals surface area (Å²) in [5.74, 6) is -0.184. The summed E-state index contributed by atoms with van der Waals surface area (Å²) < 4.78 is 0. The SMILES string of the molecule is Cc1ccccc1NC(=O)Cc1csc(/N=N/c2c(O)[nH]c3ccccc23)n1. The number of carbonyl (C=O) groups excluding carboxylic acids is 1. The molecule has 2 aromatic carbocycles. The van der Waals surface area contributed by atoms with Crippen molar-refractivity contribution in [3.63, 3.8) is 0 Å². The first-order valence-corrected chi connectivity index (χ1v) is 9.49. The van der Waals surface area contributed by atoms with Crippen LogP contribution in [0.4, 0.5) is 16.5 Å². The molecule has 7 nitrogen and oxygen atoms in total. The first kappa shape index (κ1) is 17.9. The molecular formula is C20H17N5O2S. The van der Waals surface area contributed by atoms with E-state index in [-0.39, 0.29) is 18.2 Å². The molecule has 0 atom stereocenters. The topological polar surface area (TPSA) is 103 Å². The zero-order valence-corrected chi connectivity index (χ0v) is 15.8. The molecule has 0 spiro atoms. The molecule has 0 aliphatic carbocycles. The van der Waals surface area contributed by atoms with Crippen molar-refractivity contribution in [3.8, 4) is 5.88 Å². The highest BCUT2D eigenvalue weighted by Crippen LogP contribution is 2.36. The number of hydrogen-bond acceptors (Lipinski definition) is 6. The second-order valence-electron chi connectivity index (χ2n) is 6.23. The Morgan fingerprint density at radius 2 is 1.96 bits per heavy atom. The summed E-state index contributed by atoms with van der Waals surface area (Å²) in [6.45, 7) is 1.94. The molecule has 1 amide bonds. The minimum atomic E-state index is -0.141. The van der Waals surface area contributed by atoms with Gasteiger partial charge in [0.15, 0.2) is 5.69 Å². The number of nitrogens with one attached hydrogen (secondary N) is 2. The highest BCUT2D eigenvalue weighted by molar-refractivity contribution is 7.13. The third-order valence-electron chi connectivity index (χ3n) is 4.20. The number of rotatable bonds is 5. The number of thiazole rings is 1. The summed E-state index contributed by atoms with van der Waals surface area (Å²) in [4.78, 5) is 19.4. The summed E-state index contributed by atoms with van der Waals surface area (Å²) in [6.07, 6.45) is 0.151. The maximum atomic E-state index is 12.2. The zero-order valence-electron chi connectivity index (χ0n) is 15.0. The fraction of sp³-hybridized carbons (Fsp3) is 0.100. The van der Waals surface area contributed by atoms with E-state index in [1.165, 1.54) is 11.3 Å². The third kappa shape index (κ3) is 3.77. The van der Waals surface area contributed by atoms with Gasteiger partial charge in [-0.15, -0.1) is 21.6 Å². The van der Waals surface area contributed by atoms with Gasteiger partial charge in [-0.05, 0) is 24.6 Å². The number of carbonyl (C=O) groups is 1. The molecule has 2 heterocycles. The molecule has 0 aliphatic heterocycles. The minimum absolute atomic E-state index is 0.0423. The number of aromatic hydroxyl groups is 1. The standard InChI is InChI=1S/C20H17N5O2S/c1-12-6-2-4-8-15(12)22-17(26)10-13-11-28-20(21-13)25-24-18-14-7-3-5-9-16(14)23-19(18)27/h2-9,11,23,27H,10H2,1H3,(H,22,26)/b25-24+. The molecule has 0 saturated carbocycles. The molecule has 4 aromatic rings. The molecule has 0 unspecified atom stereocenters. The normalized spacial score (nSPS) is 11.3. The van der Waals surface area contributed by atoms with Crippen LogP contribution >= 0.6 is 11.3 Å². The Labute approximate surface area is 164 Å². The smallest absolute Gasteiger partial charge is 0.230 e. The van der Waals surface area contributed by atoms with Crippen molar-refractivity contribution >= 4 is 44.7 Å². The van der Waals surface area contributed by atoms with Crippen molar-refractivity contribution in [2.75, 3.05) is 5.32 Å². The van der Waals surface area contributed by atoms with Crippen LogP contribution in [0.15, 0.2) is 64.1 Å². The average molecular weight is 391 g/mol. The van der Waals surface area contributed by atoms with Crippen molar-refractivity contribution in [2.45, 2.75) is 13.3 Å². The van der Waals surface area contributed by atoms with Crippen LogP contribution in [0, 0.1) is 6.92 Å². The van der Waals surface area contributed by atoms with E-state index in [1.54, 1.807) is 5.38 Å². The summed E-state index contributed by atoms with van der Waals surface area (Å²) in [7, 11) is 0. The van der Waals surface area contributed by atoms with E-state index in [9.17, 15) is 9.90 Å². The predicted molar refractivity (Wildman–Crippen MR) is 110 cm³/mol. The van der Waals surface area contributed by atoms with Gasteiger partial charge in [-0.1, -0.05) is 36.4 Å². The van der Waals surface area contributed by atoms with Gasteiger partial charge in [-0.25, -0.2) is 4.98 Å². The number of nitrogens with zero attached hydrogens (tertiary/aromatic N) is 3.